The van der Waals surface area contributed by atoms with Gasteiger partial charge in [-0.1, -0.05) is 322 Å². The highest BCUT2D eigenvalue weighted by Gasteiger charge is 2.10. The third-order valence-electron chi connectivity index (χ3n) is 14.2. The van der Waals surface area contributed by atoms with E-state index in [0.29, 0.717) is 0 Å². The Balaban J connectivity index is 2.30. The van der Waals surface area contributed by atoms with Gasteiger partial charge >= 0.3 is 0 Å². The molecule has 0 fully saturated rings. The topological polar surface area (TPSA) is 0 Å². The molecule has 0 saturated heterocycles. The van der Waals surface area contributed by atoms with Gasteiger partial charge in [0.05, 0.1) is 0 Å². The maximum Gasteiger partial charge on any atom is -0.0146 e. The van der Waals surface area contributed by atoms with Gasteiger partial charge < -0.3 is 0 Å². The second kappa shape index (κ2) is 49.2. The first kappa shape index (κ1) is 57.2. The third-order valence-corrected chi connectivity index (χ3v) is 14.2. The van der Waals surface area contributed by atoms with Crippen LogP contribution in [0, 0.1) is 6.07 Å². The molecule has 0 aliphatic carbocycles. The van der Waals surface area contributed by atoms with Gasteiger partial charge in [0.25, 0.3) is 0 Å². The summed E-state index contributed by atoms with van der Waals surface area (Å²) in [6, 6.07) is 8.55. The van der Waals surface area contributed by atoms with Crippen LogP contribution in [0.25, 0.3) is 0 Å². The van der Waals surface area contributed by atoms with E-state index in [0.717, 1.165) is 0 Å². The molecule has 0 aliphatic rings. The smallest absolute Gasteiger partial charge is 0.0146 e. The Morgan fingerprint density at radius 2 is 0.467 bits per heavy atom. The first-order valence-electron chi connectivity index (χ1n) is 28.8. The van der Waals surface area contributed by atoms with Crippen LogP contribution in [0.1, 0.15) is 346 Å². The van der Waals surface area contributed by atoms with Gasteiger partial charge in [-0.15, -0.1) is 0 Å². The molecule has 0 N–H and O–H groups in total. The lowest BCUT2D eigenvalue weighted by molar-refractivity contribution is 0.527. The molecule has 0 bridgehead atoms. The summed E-state index contributed by atoms with van der Waals surface area (Å²) in [5.41, 5.74) is 5.01. The second-order valence-electron chi connectivity index (χ2n) is 20.1. The van der Waals surface area contributed by atoms with Crippen molar-refractivity contribution in [1.82, 2.24) is 0 Å². The number of benzene rings is 1. The minimum absolute atomic E-state index is 1.26. The predicted octanol–water partition coefficient (Wildman–Crippen LogP) is 21.9. The normalized spacial score (nSPS) is 11.7. The van der Waals surface area contributed by atoms with Gasteiger partial charge in [-0.05, 0) is 61.3 Å². The van der Waals surface area contributed by atoms with Gasteiger partial charge in [0.2, 0.25) is 0 Å². The predicted molar refractivity (Wildman–Crippen MR) is 275 cm³/mol. The summed E-state index contributed by atoms with van der Waals surface area (Å²) in [7, 11) is 0. The van der Waals surface area contributed by atoms with Crippen molar-refractivity contribution >= 4 is 0 Å². The molecule has 353 valence electrons. The zero-order chi connectivity index (χ0) is 42.9. The van der Waals surface area contributed by atoms with Gasteiger partial charge in [-0.25, -0.2) is 0 Å². The maximum absolute atomic E-state index is 3.79. The van der Waals surface area contributed by atoms with E-state index in [-0.39, 0.29) is 0 Å². The highest BCUT2D eigenvalue weighted by Crippen LogP contribution is 2.24. The van der Waals surface area contributed by atoms with E-state index in [1.165, 1.54) is 327 Å². The lowest BCUT2D eigenvalue weighted by Crippen LogP contribution is -2.02. The lowest BCUT2D eigenvalue weighted by atomic mass is 9.90. The molecule has 1 rings (SSSR count). The molecule has 0 spiro atoms. The number of unbranched alkanes of at least 4 members (excludes halogenated alkanes) is 45. The molecule has 0 heterocycles. The van der Waals surface area contributed by atoms with Crippen molar-refractivity contribution in [1.29, 1.82) is 0 Å². The Morgan fingerprint density at radius 1 is 0.250 bits per heavy atom. The molecular weight excluding hydrogens is 721 g/mol. The SMILES string of the molecule is CCCCCCCCCCCCCCCCCCc1[c]ccc(CCCCCCCCCCCCCCCCCC)c1CCCCCCCCCCCCCCCCCC. The Labute approximate surface area is 381 Å². The molecule has 0 saturated carbocycles. The first-order valence-corrected chi connectivity index (χ1v) is 28.8. The quantitative estimate of drug-likeness (QED) is 0.0574. The Morgan fingerprint density at radius 3 is 0.733 bits per heavy atom. The van der Waals surface area contributed by atoms with Crippen LogP contribution in [0.2, 0.25) is 0 Å². The number of rotatable bonds is 51. The van der Waals surface area contributed by atoms with E-state index in [2.05, 4.69) is 39.0 Å². The minimum Gasteiger partial charge on any atom is -0.0654 e. The van der Waals surface area contributed by atoms with Crippen molar-refractivity contribution < 1.29 is 0 Å². The zero-order valence-corrected chi connectivity index (χ0v) is 42.2. The minimum atomic E-state index is 1.26. The fourth-order valence-corrected chi connectivity index (χ4v) is 9.96. The van der Waals surface area contributed by atoms with Gasteiger partial charge in [0.15, 0.2) is 0 Å². The van der Waals surface area contributed by atoms with Gasteiger partial charge in [-0.3, -0.25) is 0 Å². The number of aryl methyl sites for hydroxylation is 2. The van der Waals surface area contributed by atoms with Crippen molar-refractivity contribution in [3.63, 3.8) is 0 Å². The van der Waals surface area contributed by atoms with Crippen LogP contribution in [0.5, 0.6) is 0 Å². The van der Waals surface area contributed by atoms with E-state index < -0.39 is 0 Å². The van der Waals surface area contributed by atoms with Crippen LogP contribution in [0.4, 0.5) is 0 Å². The summed E-state index contributed by atoms with van der Waals surface area (Å²) in [4.78, 5) is 0. The molecule has 0 aliphatic heterocycles. The summed E-state index contributed by atoms with van der Waals surface area (Å²) in [5.74, 6) is 0. The molecule has 0 atom stereocenters. The summed E-state index contributed by atoms with van der Waals surface area (Å²) in [5, 5.41) is 0. The van der Waals surface area contributed by atoms with Gasteiger partial charge in [0.1, 0.15) is 0 Å². The number of hydrogen-bond acceptors (Lipinski definition) is 0. The first-order chi connectivity index (χ1) is 29.8. The molecule has 1 aromatic rings. The average Bonchev–Trinajstić information content (AvgIpc) is 3.26. The van der Waals surface area contributed by atoms with E-state index >= 15 is 0 Å². The van der Waals surface area contributed by atoms with Crippen molar-refractivity contribution in [2.45, 2.75) is 348 Å². The van der Waals surface area contributed by atoms with E-state index in [1.54, 1.807) is 16.7 Å². The fraction of sp³-hybridized carbons (Fsp3) is 0.900. The molecule has 1 aromatic carbocycles. The molecule has 0 unspecified atom stereocenters. The van der Waals surface area contributed by atoms with Crippen molar-refractivity contribution in [3.05, 3.63) is 34.9 Å². The van der Waals surface area contributed by atoms with E-state index in [9.17, 15) is 0 Å². The van der Waals surface area contributed by atoms with Gasteiger partial charge in [-0.2, -0.15) is 0 Å². The van der Waals surface area contributed by atoms with Crippen molar-refractivity contribution in [3.8, 4) is 0 Å². The number of hydrogen-bond donors (Lipinski definition) is 0. The van der Waals surface area contributed by atoms with Crippen LogP contribution in [0.15, 0.2) is 12.1 Å². The van der Waals surface area contributed by atoms with Crippen LogP contribution in [-0.4, -0.2) is 0 Å². The van der Waals surface area contributed by atoms with Crippen molar-refractivity contribution in [2.24, 2.45) is 0 Å². The van der Waals surface area contributed by atoms with Crippen LogP contribution >= 0.6 is 0 Å². The summed E-state index contributed by atoms with van der Waals surface area (Å²) >= 11 is 0. The maximum atomic E-state index is 3.79. The summed E-state index contributed by atoms with van der Waals surface area (Å²) < 4.78 is 0. The molecule has 60 heavy (non-hydrogen) atoms. The van der Waals surface area contributed by atoms with Crippen LogP contribution in [0.3, 0.4) is 0 Å². The Hall–Kier alpha value is -0.780. The second-order valence-corrected chi connectivity index (χ2v) is 20.1. The molecule has 0 nitrogen and oxygen atoms in total. The van der Waals surface area contributed by atoms with Crippen LogP contribution < -0.4 is 0 Å². The molecule has 0 aromatic heterocycles. The van der Waals surface area contributed by atoms with Gasteiger partial charge in [0, 0.05) is 0 Å². The Kier molecular flexibility index (Phi) is 47.0. The molecule has 0 amide bonds. The molecule has 0 heteroatoms. The average molecular weight is 835 g/mol. The lowest BCUT2D eigenvalue weighted by Gasteiger charge is -2.15. The van der Waals surface area contributed by atoms with Crippen LogP contribution in [-0.2, 0) is 19.3 Å². The largest absolute Gasteiger partial charge is 0.0654 e. The van der Waals surface area contributed by atoms with E-state index in [4.69, 9.17) is 0 Å². The third kappa shape index (κ3) is 40.0. The monoisotopic (exact) mass is 834 g/mol. The van der Waals surface area contributed by atoms with Crippen molar-refractivity contribution in [2.75, 3.05) is 0 Å². The molecular formula is C60H113. The zero-order valence-electron chi connectivity index (χ0n) is 42.2. The fourth-order valence-electron chi connectivity index (χ4n) is 9.96. The highest BCUT2D eigenvalue weighted by molar-refractivity contribution is 5.35. The van der Waals surface area contributed by atoms with E-state index in [1.807, 2.05) is 0 Å². The highest BCUT2D eigenvalue weighted by atomic mass is 14.1. The summed E-state index contributed by atoms with van der Waals surface area (Å²) in [6.45, 7) is 6.96. The standard InChI is InChI=1S/C60H113/c1-4-7-10-13-16-19-22-25-28-31-34-37-40-43-46-49-53-58-55-52-56-59(54-50-47-44-41-38-35-32-29-26-23-20-17-14-11-8-5-2)60(58)57-51-48-45-42-39-36-33-30-27-24-21-18-15-12-9-6-3/h52,55H,4-51,53-54,57H2,1-3H3. The Bertz CT molecular complexity index is 874. The summed E-state index contributed by atoms with van der Waals surface area (Å²) in [6.07, 6.45) is 73.5. The molecule has 1 radical (unpaired) electrons.